The van der Waals surface area contributed by atoms with Crippen molar-refractivity contribution in [2.45, 2.75) is 775 Å². The molecule has 0 atom stereocenters. The summed E-state index contributed by atoms with van der Waals surface area (Å²) in [6, 6.07) is 0. The van der Waals surface area contributed by atoms with Crippen molar-refractivity contribution < 1.29 is 100 Å². The Bertz CT molecular complexity index is 2170. The van der Waals surface area contributed by atoms with Crippen molar-refractivity contribution in [3.05, 3.63) is 0 Å². The van der Waals surface area contributed by atoms with E-state index in [-0.39, 0.29) is 41.6 Å². The van der Waals surface area contributed by atoms with E-state index < -0.39 is 55.1 Å². The third kappa shape index (κ3) is 166. The number of carbonyl (C=O) groups is 8. The van der Waals surface area contributed by atoms with Crippen LogP contribution in [0.25, 0.3) is 0 Å². The second-order valence-corrected chi connectivity index (χ2v) is 43.7. The Morgan fingerprint density at radius 3 is 0.267 bits per heavy atom. The molecule has 0 aliphatic heterocycles. The summed E-state index contributed by atoms with van der Waals surface area (Å²) < 4.78 is 16.2. The fraction of sp³-hybridized carbons (Fsp3) is 0.938. The van der Waals surface area contributed by atoms with Gasteiger partial charge in [-0.2, -0.15) is 0 Å². The van der Waals surface area contributed by atoms with Crippen LogP contribution in [0.15, 0.2) is 0 Å². The summed E-state index contributed by atoms with van der Waals surface area (Å²) in [6.07, 6.45) is 135. The van der Waals surface area contributed by atoms with Crippen molar-refractivity contribution >= 4 is 55.1 Å². The predicted octanol–water partition coefficient (Wildman–Crippen LogP) is 43.8. The summed E-state index contributed by atoms with van der Waals surface area (Å²) in [4.78, 5) is 89.6. The molecule has 0 fully saturated rings. The van der Waals surface area contributed by atoms with Gasteiger partial charge in [-0.25, -0.2) is 0 Å². The summed E-state index contributed by atoms with van der Waals surface area (Å²) in [5, 5.41) is 42.5. The Kier molecular flexibility index (Phi) is 155. The standard InChI is InChI=1S/C48H93BO6.5C16H32O2.Nb/c1-4-7-10-13-16-19-22-25-28-31-34-37-40-43-46(50)53-49(54-47(51)44-41-38-35-32-29-26-23-20-17-14-11-8-5-2)55-48(52)45-42-39-36-33-30-27-24-21-18-15-12-9-6-3;5*1-2-3-4-5-6-7-8-9-10-11-12-13-14-15-16(17)18;/h4-45H2,1-3H3;5*2-15H2,1H3,(H,17,18);. The normalized spacial score (nSPS) is 10.8. The molecule has 0 bridgehead atoms. The number of hydrogen-bond donors (Lipinski definition) is 5. The van der Waals surface area contributed by atoms with Crippen molar-refractivity contribution in [1.29, 1.82) is 0 Å². The number of rotatable bonds is 115. The summed E-state index contributed by atoms with van der Waals surface area (Å²) in [5.74, 6) is -4.70. The molecule has 869 valence electrons. The quantitative estimate of drug-likeness (QED) is 0.0280. The Morgan fingerprint density at radius 2 is 0.192 bits per heavy atom. The van der Waals surface area contributed by atoms with Crippen molar-refractivity contribution in [3.63, 3.8) is 0 Å². The monoisotopic (exact) mass is 2150 g/mol. The Morgan fingerprint density at radius 1 is 0.123 bits per heavy atom. The van der Waals surface area contributed by atoms with E-state index in [2.05, 4.69) is 55.4 Å². The third-order valence-corrected chi connectivity index (χ3v) is 28.6. The number of carboxylic acids is 5. The minimum absolute atomic E-state index is 0. The van der Waals surface area contributed by atoms with E-state index >= 15 is 0 Å². The van der Waals surface area contributed by atoms with Gasteiger partial charge in [0, 0.05) is 73.7 Å². The number of hydrogen-bond acceptors (Lipinski definition) is 11. The molecule has 0 rings (SSSR count). The maximum atomic E-state index is 12.7. The number of carbonyl (C=O) groups excluding carboxylic acids is 3. The van der Waals surface area contributed by atoms with Gasteiger partial charge in [0.2, 0.25) is 0 Å². The van der Waals surface area contributed by atoms with Crippen LogP contribution in [0, 0.1) is 0 Å². The fourth-order valence-corrected chi connectivity index (χ4v) is 18.9. The number of carboxylic acid groups (broad SMARTS) is 5. The van der Waals surface area contributed by atoms with Gasteiger partial charge in [-0.3, -0.25) is 38.4 Å². The second kappa shape index (κ2) is 146. The van der Waals surface area contributed by atoms with E-state index in [9.17, 15) is 38.4 Å². The summed E-state index contributed by atoms with van der Waals surface area (Å²) in [7, 11) is -1.58. The minimum atomic E-state index is -1.58. The van der Waals surface area contributed by atoms with Gasteiger partial charge in [-0.05, 0) is 51.4 Å². The third-order valence-electron chi connectivity index (χ3n) is 28.6. The maximum Gasteiger partial charge on any atom is 0.870 e. The van der Waals surface area contributed by atoms with Crippen molar-refractivity contribution in [2.24, 2.45) is 0 Å². The van der Waals surface area contributed by atoms with Crippen LogP contribution >= 0.6 is 0 Å². The molecule has 0 heterocycles. The van der Waals surface area contributed by atoms with Crippen LogP contribution in [0.1, 0.15) is 775 Å². The fourth-order valence-electron chi connectivity index (χ4n) is 18.9. The van der Waals surface area contributed by atoms with Crippen LogP contribution < -0.4 is 0 Å². The van der Waals surface area contributed by atoms with Gasteiger partial charge in [0.05, 0.1) is 0 Å². The Balaban J connectivity index is -0.000000350. The van der Waals surface area contributed by atoms with Crippen molar-refractivity contribution in [1.82, 2.24) is 0 Å². The molecule has 0 unspecified atom stereocenters. The molecule has 0 aromatic rings. The maximum absolute atomic E-state index is 12.7. The Hall–Kier alpha value is -3.43. The van der Waals surface area contributed by atoms with Crippen LogP contribution in [0.5, 0.6) is 0 Å². The van der Waals surface area contributed by atoms with Crippen LogP contribution in [0.3, 0.4) is 0 Å². The molecule has 1 radical (unpaired) electrons. The zero-order chi connectivity index (χ0) is 108. The molecule has 0 saturated carbocycles. The van der Waals surface area contributed by atoms with E-state index in [0.717, 1.165) is 122 Å². The van der Waals surface area contributed by atoms with Gasteiger partial charge in [0.15, 0.2) is 0 Å². The summed E-state index contributed by atoms with van der Waals surface area (Å²) in [6.45, 7) is 18.1. The largest absolute Gasteiger partial charge is 0.870 e. The zero-order valence-electron chi connectivity index (χ0n) is 98.9. The van der Waals surface area contributed by atoms with E-state index in [1.54, 1.807) is 0 Å². The van der Waals surface area contributed by atoms with E-state index in [1.807, 2.05) is 0 Å². The first kappa shape index (κ1) is 155. The van der Waals surface area contributed by atoms with E-state index in [0.29, 0.717) is 32.1 Å². The van der Waals surface area contributed by atoms with Crippen LogP contribution in [-0.4, -0.2) is 80.6 Å². The predicted molar refractivity (Wildman–Crippen MR) is 625 cm³/mol. The topological polar surface area (TPSA) is 265 Å². The molecular formula is C128H253BNbO16. The average molecular weight is 2150 g/mol. The van der Waals surface area contributed by atoms with Gasteiger partial charge in [-0.15, -0.1) is 0 Å². The molecule has 0 aliphatic carbocycles. The second-order valence-electron chi connectivity index (χ2n) is 43.7. The molecule has 18 heteroatoms. The van der Waals surface area contributed by atoms with Crippen LogP contribution in [0.4, 0.5) is 0 Å². The smallest absolute Gasteiger partial charge is 0.481 e. The van der Waals surface area contributed by atoms with Gasteiger partial charge < -0.3 is 39.5 Å². The molecular weight excluding hydrogens is 1900 g/mol. The molecule has 5 N–H and O–H groups in total. The van der Waals surface area contributed by atoms with Crippen LogP contribution in [0.2, 0.25) is 0 Å². The molecule has 0 saturated heterocycles. The molecule has 16 nitrogen and oxygen atoms in total. The first-order valence-electron chi connectivity index (χ1n) is 64.6. The molecule has 0 amide bonds. The summed E-state index contributed by atoms with van der Waals surface area (Å²) >= 11 is 0. The van der Waals surface area contributed by atoms with Crippen LogP contribution in [-0.2, 0) is 74.7 Å². The first-order chi connectivity index (χ1) is 70.9. The van der Waals surface area contributed by atoms with Gasteiger partial charge in [-0.1, -0.05) is 672 Å². The average Bonchev–Trinajstić information content (AvgIpc) is 0.920. The SMILES string of the molecule is CCCCCCCCCCCCCCCC(=O)O.CCCCCCCCCCCCCCCC(=O)O.CCCCCCCCCCCCCCCC(=O)O.CCCCCCCCCCCCCCCC(=O)O.CCCCCCCCCCCCCCCC(=O)O.CCCCCCCCCCCCCCCC(=O)OB(OC(=O)CCCCCCCCCCCCCCC)OC(=O)CCCCCCCCCCCCCCC.[Nb]. The molecule has 0 aromatic heterocycles. The number of unbranched alkanes of at least 4 members (excludes halogenated alkanes) is 96. The Labute approximate surface area is 923 Å². The van der Waals surface area contributed by atoms with E-state index in [1.165, 1.54) is 546 Å². The first-order valence-corrected chi connectivity index (χ1v) is 64.6. The van der Waals surface area contributed by atoms with Gasteiger partial charge in [0.25, 0.3) is 17.9 Å². The molecule has 146 heavy (non-hydrogen) atoms. The van der Waals surface area contributed by atoms with Crippen molar-refractivity contribution in [2.75, 3.05) is 0 Å². The molecule has 0 aromatic carbocycles. The minimum Gasteiger partial charge on any atom is -0.481 e. The molecule has 0 spiro atoms. The zero-order valence-corrected chi connectivity index (χ0v) is 101. The van der Waals surface area contributed by atoms with Gasteiger partial charge in [0.1, 0.15) is 0 Å². The van der Waals surface area contributed by atoms with E-state index in [4.69, 9.17) is 39.5 Å². The van der Waals surface area contributed by atoms with Gasteiger partial charge >= 0.3 is 37.2 Å². The summed E-state index contributed by atoms with van der Waals surface area (Å²) in [5.41, 5.74) is 0. The number of aliphatic carboxylic acids is 5. The van der Waals surface area contributed by atoms with Crippen molar-refractivity contribution in [3.8, 4) is 0 Å². The molecule has 0 aliphatic rings.